The maximum Gasteiger partial charge on any atom is 0.269 e. The standard InChI is InChI=1S/C17H17BrN2O2S/c1-11(2)16-10-20(17-15(16)8-13(18)9-19-17)23(21,22)14-6-4-12(3)5-7-14/h4-11H,1-3H3. The molecule has 0 saturated carbocycles. The van der Waals surface area contributed by atoms with Crippen molar-refractivity contribution in [2.45, 2.75) is 31.6 Å². The number of benzene rings is 1. The minimum atomic E-state index is -3.67. The molecular formula is C17H17BrN2O2S. The fourth-order valence-corrected chi connectivity index (χ4v) is 4.21. The van der Waals surface area contributed by atoms with Crippen molar-refractivity contribution in [1.82, 2.24) is 8.96 Å². The molecule has 0 saturated heterocycles. The Bertz CT molecular complexity index is 974. The van der Waals surface area contributed by atoms with Crippen LogP contribution in [0.15, 0.2) is 52.1 Å². The minimum Gasteiger partial charge on any atom is -0.236 e. The van der Waals surface area contributed by atoms with Crippen molar-refractivity contribution < 1.29 is 8.42 Å². The van der Waals surface area contributed by atoms with Crippen molar-refractivity contribution in [2.75, 3.05) is 0 Å². The zero-order chi connectivity index (χ0) is 16.8. The highest BCUT2D eigenvalue weighted by molar-refractivity contribution is 9.10. The SMILES string of the molecule is Cc1ccc(S(=O)(=O)n2cc(C(C)C)c3cc(Br)cnc32)cc1. The van der Waals surface area contributed by atoms with Gasteiger partial charge in [0.1, 0.15) is 0 Å². The van der Waals surface area contributed by atoms with Crippen molar-refractivity contribution in [3.63, 3.8) is 0 Å². The Morgan fingerprint density at radius 2 is 1.83 bits per heavy atom. The van der Waals surface area contributed by atoms with Crippen molar-refractivity contribution in [1.29, 1.82) is 0 Å². The van der Waals surface area contributed by atoms with Crippen LogP contribution in [0.4, 0.5) is 0 Å². The largest absolute Gasteiger partial charge is 0.269 e. The normalized spacial score (nSPS) is 12.2. The molecule has 0 bridgehead atoms. The van der Waals surface area contributed by atoms with Gasteiger partial charge in [-0.3, -0.25) is 0 Å². The molecule has 0 spiro atoms. The molecule has 120 valence electrons. The summed E-state index contributed by atoms with van der Waals surface area (Å²) in [6.45, 7) is 6.01. The minimum absolute atomic E-state index is 0.197. The van der Waals surface area contributed by atoms with Crippen LogP contribution in [0.5, 0.6) is 0 Å². The molecule has 4 nitrogen and oxygen atoms in total. The Kier molecular flexibility index (Phi) is 4.06. The van der Waals surface area contributed by atoms with E-state index < -0.39 is 10.0 Å². The molecule has 3 aromatic rings. The fourth-order valence-electron chi connectivity index (χ4n) is 2.54. The van der Waals surface area contributed by atoms with Crippen LogP contribution in [0.3, 0.4) is 0 Å². The van der Waals surface area contributed by atoms with Gasteiger partial charge in [-0.25, -0.2) is 17.4 Å². The van der Waals surface area contributed by atoms with Crippen LogP contribution in [0.2, 0.25) is 0 Å². The number of nitrogens with zero attached hydrogens (tertiary/aromatic N) is 2. The van der Waals surface area contributed by atoms with Gasteiger partial charge in [0, 0.05) is 22.3 Å². The molecule has 1 aromatic carbocycles. The molecule has 23 heavy (non-hydrogen) atoms. The van der Waals surface area contributed by atoms with E-state index in [9.17, 15) is 8.42 Å². The Morgan fingerprint density at radius 1 is 1.17 bits per heavy atom. The summed E-state index contributed by atoms with van der Waals surface area (Å²) in [6.07, 6.45) is 3.30. The lowest BCUT2D eigenvalue weighted by Crippen LogP contribution is -2.12. The molecule has 0 atom stereocenters. The van der Waals surface area contributed by atoms with Gasteiger partial charge in [0.15, 0.2) is 5.65 Å². The van der Waals surface area contributed by atoms with E-state index in [-0.39, 0.29) is 10.8 Å². The number of aryl methyl sites for hydroxylation is 1. The van der Waals surface area contributed by atoms with E-state index in [1.807, 2.05) is 26.8 Å². The molecular weight excluding hydrogens is 376 g/mol. The molecule has 0 aliphatic carbocycles. The Balaban J connectivity index is 2.29. The van der Waals surface area contributed by atoms with E-state index in [1.54, 1.807) is 36.7 Å². The van der Waals surface area contributed by atoms with Gasteiger partial charge < -0.3 is 0 Å². The highest BCUT2D eigenvalue weighted by Gasteiger charge is 2.23. The van der Waals surface area contributed by atoms with Gasteiger partial charge in [0.2, 0.25) is 0 Å². The van der Waals surface area contributed by atoms with Gasteiger partial charge >= 0.3 is 0 Å². The van der Waals surface area contributed by atoms with Gasteiger partial charge in [-0.2, -0.15) is 0 Å². The fraction of sp³-hybridized carbons (Fsp3) is 0.235. The van der Waals surface area contributed by atoms with Gasteiger partial charge in [0.25, 0.3) is 10.0 Å². The highest BCUT2D eigenvalue weighted by atomic mass is 79.9. The number of rotatable bonds is 3. The van der Waals surface area contributed by atoms with Crippen LogP contribution in [0.25, 0.3) is 11.0 Å². The van der Waals surface area contributed by atoms with Crippen LogP contribution in [0, 0.1) is 6.92 Å². The summed E-state index contributed by atoms with van der Waals surface area (Å²) in [4.78, 5) is 4.59. The summed E-state index contributed by atoms with van der Waals surface area (Å²) >= 11 is 3.41. The Hall–Kier alpha value is -1.66. The number of aromatic nitrogens is 2. The van der Waals surface area contributed by atoms with E-state index in [0.29, 0.717) is 5.65 Å². The number of halogens is 1. The number of hydrogen-bond donors (Lipinski definition) is 0. The van der Waals surface area contributed by atoms with E-state index >= 15 is 0 Å². The van der Waals surface area contributed by atoms with Crippen molar-refractivity contribution in [3.05, 3.63) is 58.3 Å². The second-order valence-electron chi connectivity index (χ2n) is 5.88. The third-order valence-corrected chi connectivity index (χ3v) is 5.91. The van der Waals surface area contributed by atoms with Gasteiger partial charge in [-0.15, -0.1) is 0 Å². The lowest BCUT2D eigenvalue weighted by molar-refractivity contribution is 0.588. The summed E-state index contributed by atoms with van der Waals surface area (Å²) in [5.74, 6) is 0.197. The van der Waals surface area contributed by atoms with Gasteiger partial charge in [0.05, 0.1) is 4.90 Å². The lowest BCUT2D eigenvalue weighted by Gasteiger charge is -2.07. The molecule has 0 aliphatic rings. The maximum atomic E-state index is 13.0. The number of hydrogen-bond acceptors (Lipinski definition) is 3. The third-order valence-electron chi connectivity index (χ3n) is 3.81. The summed E-state index contributed by atoms with van der Waals surface area (Å²) in [6, 6.07) is 8.77. The molecule has 6 heteroatoms. The van der Waals surface area contributed by atoms with Crippen LogP contribution >= 0.6 is 15.9 Å². The second-order valence-corrected chi connectivity index (χ2v) is 8.61. The molecule has 0 unspecified atom stereocenters. The molecule has 0 fully saturated rings. The molecule has 3 rings (SSSR count). The summed E-state index contributed by atoms with van der Waals surface area (Å²) in [5.41, 5.74) is 2.44. The second kappa shape index (κ2) is 5.76. The first kappa shape index (κ1) is 16.2. The van der Waals surface area contributed by atoms with Crippen molar-refractivity contribution >= 4 is 37.0 Å². The topological polar surface area (TPSA) is 52.0 Å². The molecule has 0 N–H and O–H groups in total. The van der Waals surface area contributed by atoms with Crippen LogP contribution in [-0.4, -0.2) is 17.4 Å². The predicted octanol–water partition coefficient (Wildman–Crippen LogP) is 4.47. The smallest absolute Gasteiger partial charge is 0.236 e. The summed E-state index contributed by atoms with van der Waals surface area (Å²) in [7, 11) is -3.67. The van der Waals surface area contributed by atoms with Crippen LogP contribution in [0.1, 0.15) is 30.9 Å². The van der Waals surface area contributed by atoms with Crippen LogP contribution in [-0.2, 0) is 10.0 Å². The van der Waals surface area contributed by atoms with Gasteiger partial charge in [-0.1, -0.05) is 31.5 Å². The molecule has 0 aliphatic heterocycles. The molecule has 2 aromatic heterocycles. The predicted molar refractivity (Wildman–Crippen MR) is 95.3 cm³/mol. The lowest BCUT2D eigenvalue weighted by atomic mass is 10.0. The quantitative estimate of drug-likeness (QED) is 0.660. The highest BCUT2D eigenvalue weighted by Crippen LogP contribution is 2.31. The van der Waals surface area contributed by atoms with Crippen molar-refractivity contribution in [3.8, 4) is 0 Å². The number of pyridine rings is 1. The monoisotopic (exact) mass is 392 g/mol. The van der Waals surface area contributed by atoms with Gasteiger partial charge in [-0.05, 0) is 52.5 Å². The zero-order valence-electron chi connectivity index (χ0n) is 13.1. The Morgan fingerprint density at radius 3 is 2.43 bits per heavy atom. The molecule has 0 radical (unpaired) electrons. The summed E-state index contributed by atoms with van der Waals surface area (Å²) in [5, 5.41) is 0.852. The third kappa shape index (κ3) is 2.81. The van der Waals surface area contributed by atoms with E-state index in [0.717, 1.165) is 21.0 Å². The Labute approximate surface area is 144 Å². The first-order valence-electron chi connectivity index (χ1n) is 7.29. The average molecular weight is 393 g/mol. The molecule has 2 heterocycles. The molecule has 0 amide bonds. The number of fused-ring (bicyclic) bond motifs is 1. The van der Waals surface area contributed by atoms with E-state index in [2.05, 4.69) is 20.9 Å². The van der Waals surface area contributed by atoms with E-state index in [4.69, 9.17) is 0 Å². The van der Waals surface area contributed by atoms with Crippen LogP contribution < -0.4 is 0 Å². The maximum absolute atomic E-state index is 13.0. The first-order chi connectivity index (χ1) is 10.8. The average Bonchev–Trinajstić information content (AvgIpc) is 2.87. The first-order valence-corrected chi connectivity index (χ1v) is 9.53. The summed E-state index contributed by atoms with van der Waals surface area (Å²) < 4.78 is 28.1. The zero-order valence-corrected chi connectivity index (χ0v) is 15.5. The van der Waals surface area contributed by atoms with Crippen molar-refractivity contribution in [2.24, 2.45) is 0 Å². The van der Waals surface area contributed by atoms with E-state index in [1.165, 1.54) is 3.97 Å².